The zero-order valence-electron chi connectivity index (χ0n) is 12.7. The lowest BCUT2D eigenvalue weighted by Gasteiger charge is -2.12. The first-order chi connectivity index (χ1) is 10.5. The van der Waals surface area contributed by atoms with Gasteiger partial charge < -0.3 is 10.6 Å². The average Bonchev–Trinajstić information content (AvgIpc) is 2.90. The highest BCUT2D eigenvalue weighted by Gasteiger charge is 2.11. The highest BCUT2D eigenvalue weighted by atomic mass is 32.1. The lowest BCUT2D eigenvalue weighted by molar-refractivity contribution is 0.237. The van der Waals surface area contributed by atoms with Gasteiger partial charge in [-0.05, 0) is 44.4 Å². The smallest absolute Gasteiger partial charge is 0.315 e. The first-order valence-electron chi connectivity index (χ1n) is 7.25. The zero-order valence-corrected chi connectivity index (χ0v) is 13.5. The maximum absolute atomic E-state index is 13.0. The summed E-state index contributed by atoms with van der Waals surface area (Å²) in [5.74, 6) is -0.226. The highest BCUT2D eigenvalue weighted by molar-refractivity contribution is 7.09. The fourth-order valence-corrected chi connectivity index (χ4v) is 2.79. The summed E-state index contributed by atoms with van der Waals surface area (Å²) < 4.78 is 13.0. The molecule has 0 bridgehead atoms. The number of urea groups is 1. The molecule has 2 N–H and O–H groups in total. The zero-order chi connectivity index (χ0) is 15.9. The molecular weight excluding hydrogens is 301 g/mol. The molecule has 1 aromatic heterocycles. The highest BCUT2D eigenvalue weighted by Crippen LogP contribution is 2.15. The summed E-state index contributed by atoms with van der Waals surface area (Å²) in [5.41, 5.74) is 1.81. The fourth-order valence-electron chi connectivity index (χ4n) is 2.09. The van der Waals surface area contributed by atoms with Gasteiger partial charge >= 0.3 is 6.03 Å². The molecule has 6 heteroatoms. The number of hydrogen-bond acceptors (Lipinski definition) is 3. The van der Waals surface area contributed by atoms with Crippen LogP contribution in [0.2, 0.25) is 0 Å². The van der Waals surface area contributed by atoms with Crippen LogP contribution in [0.4, 0.5) is 9.18 Å². The molecular formula is C16H20FN3OS. The van der Waals surface area contributed by atoms with Crippen molar-refractivity contribution in [1.82, 2.24) is 15.6 Å². The molecule has 0 saturated heterocycles. The number of thiazole rings is 1. The van der Waals surface area contributed by atoms with E-state index in [-0.39, 0.29) is 17.9 Å². The van der Waals surface area contributed by atoms with E-state index >= 15 is 0 Å². The van der Waals surface area contributed by atoms with E-state index in [4.69, 9.17) is 0 Å². The molecule has 1 atom stereocenters. The molecule has 0 aliphatic rings. The first-order valence-corrected chi connectivity index (χ1v) is 8.13. The molecule has 0 radical (unpaired) electrons. The van der Waals surface area contributed by atoms with Gasteiger partial charge in [0.05, 0.1) is 16.7 Å². The van der Waals surface area contributed by atoms with E-state index in [1.165, 1.54) is 12.1 Å². The minimum atomic E-state index is -0.226. The third-order valence-electron chi connectivity index (χ3n) is 3.24. The van der Waals surface area contributed by atoms with Crippen LogP contribution in [-0.4, -0.2) is 17.6 Å². The van der Waals surface area contributed by atoms with Crippen molar-refractivity contribution in [3.63, 3.8) is 0 Å². The largest absolute Gasteiger partial charge is 0.338 e. The van der Waals surface area contributed by atoms with Gasteiger partial charge in [-0.3, -0.25) is 0 Å². The number of nitrogens with zero attached hydrogens (tertiary/aromatic N) is 1. The molecule has 2 rings (SSSR count). The van der Waals surface area contributed by atoms with Gasteiger partial charge in [-0.2, -0.15) is 0 Å². The number of carbonyl (C=O) groups excluding carboxylic acids is 1. The summed E-state index contributed by atoms with van der Waals surface area (Å²) in [5, 5.41) is 8.59. The predicted octanol–water partition coefficient (Wildman–Crippen LogP) is 3.58. The number of rotatable bonds is 6. The van der Waals surface area contributed by atoms with Crippen molar-refractivity contribution in [2.24, 2.45) is 0 Å². The van der Waals surface area contributed by atoms with Crippen molar-refractivity contribution < 1.29 is 9.18 Å². The molecule has 4 nitrogen and oxygen atoms in total. The van der Waals surface area contributed by atoms with Crippen LogP contribution in [-0.2, 0) is 6.42 Å². The summed E-state index contributed by atoms with van der Waals surface area (Å²) >= 11 is 1.57. The van der Waals surface area contributed by atoms with Gasteiger partial charge in [-0.25, -0.2) is 14.2 Å². The Morgan fingerprint density at radius 2 is 2.27 bits per heavy atom. The second-order valence-corrected chi connectivity index (χ2v) is 6.21. The number of nitrogens with one attached hydrogen (secondary N) is 2. The molecule has 1 aromatic carbocycles. The molecule has 0 fully saturated rings. The van der Waals surface area contributed by atoms with Crippen molar-refractivity contribution in [2.75, 3.05) is 6.54 Å². The van der Waals surface area contributed by atoms with E-state index in [1.807, 2.05) is 25.3 Å². The van der Waals surface area contributed by atoms with E-state index in [0.29, 0.717) is 6.54 Å². The monoisotopic (exact) mass is 321 g/mol. The van der Waals surface area contributed by atoms with Crippen LogP contribution in [0.3, 0.4) is 0 Å². The van der Waals surface area contributed by atoms with E-state index in [2.05, 4.69) is 15.6 Å². The minimum Gasteiger partial charge on any atom is -0.338 e. The fraction of sp³-hybridized carbons (Fsp3) is 0.375. The van der Waals surface area contributed by atoms with Crippen LogP contribution in [0, 0.1) is 12.7 Å². The normalized spacial score (nSPS) is 12.0. The van der Waals surface area contributed by atoms with E-state index < -0.39 is 0 Å². The van der Waals surface area contributed by atoms with Gasteiger partial charge in [0, 0.05) is 11.9 Å². The Hall–Kier alpha value is -1.95. The maximum Gasteiger partial charge on any atom is 0.315 e. The van der Waals surface area contributed by atoms with E-state index in [9.17, 15) is 9.18 Å². The van der Waals surface area contributed by atoms with E-state index in [1.54, 1.807) is 17.4 Å². The topological polar surface area (TPSA) is 54.0 Å². The Balaban J connectivity index is 1.67. The lowest BCUT2D eigenvalue weighted by Crippen LogP contribution is -2.37. The Kier molecular flexibility index (Phi) is 5.89. The third-order valence-corrected chi connectivity index (χ3v) is 4.04. The summed E-state index contributed by atoms with van der Waals surface area (Å²) in [7, 11) is 0. The van der Waals surface area contributed by atoms with Gasteiger partial charge in [0.25, 0.3) is 0 Å². The van der Waals surface area contributed by atoms with Crippen LogP contribution in [0.5, 0.6) is 0 Å². The van der Waals surface area contributed by atoms with Crippen molar-refractivity contribution in [2.45, 2.75) is 32.7 Å². The quantitative estimate of drug-likeness (QED) is 0.799. The molecule has 0 aliphatic carbocycles. The van der Waals surface area contributed by atoms with Crippen molar-refractivity contribution >= 4 is 17.4 Å². The second kappa shape index (κ2) is 7.89. The van der Waals surface area contributed by atoms with Crippen molar-refractivity contribution in [1.29, 1.82) is 0 Å². The van der Waals surface area contributed by atoms with Crippen molar-refractivity contribution in [3.8, 4) is 0 Å². The Bertz CT molecular complexity index is 629. The standard InChI is InChI=1S/C16H20FN3OS/c1-11(15-10-22-12(2)20-15)19-16(21)18-8-4-6-13-5-3-7-14(17)9-13/h3,5,7,9-11H,4,6,8H2,1-2H3,(H2,18,19,21). The first kappa shape index (κ1) is 16.4. The van der Waals surface area contributed by atoms with Crippen LogP contribution in [0.25, 0.3) is 0 Å². The second-order valence-electron chi connectivity index (χ2n) is 5.15. The van der Waals surface area contributed by atoms with Crippen LogP contribution in [0.15, 0.2) is 29.6 Å². The maximum atomic E-state index is 13.0. The van der Waals surface area contributed by atoms with E-state index in [0.717, 1.165) is 29.1 Å². The Morgan fingerprint density at radius 3 is 2.95 bits per heavy atom. The molecule has 0 aliphatic heterocycles. The third kappa shape index (κ3) is 5.11. The van der Waals surface area contributed by atoms with Gasteiger partial charge in [-0.1, -0.05) is 12.1 Å². The SMILES string of the molecule is Cc1nc(C(C)NC(=O)NCCCc2cccc(F)c2)cs1. The van der Waals surface area contributed by atoms with Crippen LogP contribution in [0.1, 0.15) is 35.7 Å². The summed E-state index contributed by atoms with van der Waals surface area (Å²) in [6.07, 6.45) is 1.50. The number of halogens is 1. The van der Waals surface area contributed by atoms with Gasteiger partial charge in [0.15, 0.2) is 0 Å². The van der Waals surface area contributed by atoms with Crippen LogP contribution >= 0.6 is 11.3 Å². The van der Waals surface area contributed by atoms with Gasteiger partial charge in [0.1, 0.15) is 5.82 Å². The molecule has 0 spiro atoms. The summed E-state index contributed by atoms with van der Waals surface area (Å²) in [4.78, 5) is 16.1. The molecule has 1 unspecified atom stereocenters. The van der Waals surface area contributed by atoms with Crippen LogP contribution < -0.4 is 10.6 Å². The number of benzene rings is 1. The minimum absolute atomic E-state index is 0.117. The number of aromatic nitrogens is 1. The molecule has 2 aromatic rings. The van der Waals surface area contributed by atoms with Crippen molar-refractivity contribution in [3.05, 3.63) is 51.7 Å². The number of hydrogen-bond donors (Lipinski definition) is 2. The molecule has 0 saturated carbocycles. The Morgan fingerprint density at radius 1 is 1.45 bits per heavy atom. The molecule has 22 heavy (non-hydrogen) atoms. The van der Waals surface area contributed by atoms with Gasteiger partial charge in [-0.15, -0.1) is 11.3 Å². The molecule has 118 valence electrons. The predicted molar refractivity (Wildman–Crippen MR) is 86.5 cm³/mol. The summed E-state index contributed by atoms with van der Waals surface area (Å²) in [6.45, 7) is 4.39. The summed E-state index contributed by atoms with van der Waals surface area (Å²) in [6, 6.07) is 6.20. The average molecular weight is 321 g/mol. The number of aryl methyl sites for hydroxylation is 2. The number of carbonyl (C=O) groups is 1. The molecule has 2 amide bonds. The lowest BCUT2D eigenvalue weighted by atomic mass is 10.1. The number of amides is 2. The molecule has 1 heterocycles. The van der Waals surface area contributed by atoms with Gasteiger partial charge in [0.2, 0.25) is 0 Å². The Labute approximate surface area is 133 Å².